The lowest BCUT2D eigenvalue weighted by Crippen LogP contribution is -2.42. The van der Waals surface area contributed by atoms with Gasteiger partial charge in [0, 0.05) is 5.69 Å². The fourth-order valence-electron chi connectivity index (χ4n) is 3.68. The van der Waals surface area contributed by atoms with Crippen molar-refractivity contribution in [1.29, 1.82) is 0 Å². The van der Waals surface area contributed by atoms with E-state index in [2.05, 4.69) is 5.32 Å². The number of benzene rings is 3. The summed E-state index contributed by atoms with van der Waals surface area (Å²) in [4.78, 5) is 50.9. The summed E-state index contributed by atoms with van der Waals surface area (Å²) >= 11 is 0. The van der Waals surface area contributed by atoms with Crippen LogP contribution in [-0.4, -0.2) is 27.6 Å². The standard InChI is InChI=1S/C26H22FN3O5/c1-2-35-25(33)18-9-13-20(14-10-18)28-23(31)16-29-22-6-4-3-5-21(22)24(32)30(26(29)34)15-17-7-11-19(27)12-8-17/h3-14H,2,15-16H2,1H3,(H,28,31). The summed E-state index contributed by atoms with van der Waals surface area (Å²) < 4.78 is 20.5. The first-order valence-corrected chi connectivity index (χ1v) is 10.9. The lowest BCUT2D eigenvalue weighted by molar-refractivity contribution is -0.116. The first-order chi connectivity index (χ1) is 16.9. The van der Waals surface area contributed by atoms with Crippen molar-refractivity contribution in [3.63, 3.8) is 0 Å². The number of ether oxygens (including phenoxy) is 1. The quantitative estimate of drug-likeness (QED) is 0.414. The molecular formula is C26H22FN3O5. The van der Waals surface area contributed by atoms with Gasteiger partial charge in [-0.15, -0.1) is 0 Å². The molecule has 0 atom stereocenters. The Balaban J connectivity index is 1.63. The third-order valence-corrected chi connectivity index (χ3v) is 5.37. The van der Waals surface area contributed by atoms with Crippen LogP contribution in [0, 0.1) is 5.82 Å². The van der Waals surface area contributed by atoms with E-state index in [1.807, 2.05) is 0 Å². The van der Waals surface area contributed by atoms with Gasteiger partial charge in [0.15, 0.2) is 0 Å². The van der Waals surface area contributed by atoms with Crippen LogP contribution in [0.25, 0.3) is 10.9 Å². The Bertz CT molecular complexity index is 1510. The molecule has 178 valence electrons. The number of rotatable bonds is 7. The molecule has 0 radical (unpaired) electrons. The average Bonchev–Trinajstić information content (AvgIpc) is 2.86. The monoisotopic (exact) mass is 475 g/mol. The summed E-state index contributed by atoms with van der Waals surface area (Å²) in [5.41, 5.74) is 0.510. The first kappa shape index (κ1) is 23.6. The number of amides is 1. The molecule has 0 unspecified atom stereocenters. The largest absolute Gasteiger partial charge is 0.462 e. The number of nitrogens with one attached hydrogen (secondary N) is 1. The number of nitrogens with zero attached hydrogens (tertiary/aromatic N) is 2. The van der Waals surface area contributed by atoms with E-state index in [4.69, 9.17) is 4.74 Å². The molecule has 0 spiro atoms. The highest BCUT2D eigenvalue weighted by molar-refractivity contribution is 5.93. The van der Waals surface area contributed by atoms with Crippen molar-refractivity contribution in [2.45, 2.75) is 20.0 Å². The van der Waals surface area contributed by atoms with Gasteiger partial charge in [0.1, 0.15) is 12.4 Å². The smallest absolute Gasteiger partial charge is 0.338 e. The molecule has 0 saturated heterocycles. The van der Waals surface area contributed by atoms with Crippen molar-refractivity contribution in [2.75, 3.05) is 11.9 Å². The van der Waals surface area contributed by atoms with E-state index in [9.17, 15) is 23.6 Å². The molecule has 0 saturated carbocycles. The normalized spacial score (nSPS) is 10.8. The van der Waals surface area contributed by atoms with E-state index in [-0.39, 0.29) is 25.1 Å². The van der Waals surface area contributed by atoms with Crippen LogP contribution >= 0.6 is 0 Å². The molecule has 0 aliphatic rings. The maximum Gasteiger partial charge on any atom is 0.338 e. The van der Waals surface area contributed by atoms with E-state index in [0.29, 0.717) is 22.3 Å². The van der Waals surface area contributed by atoms with Gasteiger partial charge in [0.2, 0.25) is 5.91 Å². The molecular weight excluding hydrogens is 453 g/mol. The maximum atomic E-state index is 13.3. The number of fused-ring (bicyclic) bond motifs is 1. The molecule has 9 heteroatoms. The number of aromatic nitrogens is 2. The second-order valence-electron chi connectivity index (χ2n) is 7.75. The second-order valence-corrected chi connectivity index (χ2v) is 7.75. The minimum atomic E-state index is -0.661. The Kier molecular flexibility index (Phi) is 6.86. The van der Waals surface area contributed by atoms with Crippen LogP contribution < -0.4 is 16.6 Å². The van der Waals surface area contributed by atoms with Crippen molar-refractivity contribution in [3.8, 4) is 0 Å². The molecule has 4 rings (SSSR count). The minimum Gasteiger partial charge on any atom is -0.462 e. The van der Waals surface area contributed by atoms with Gasteiger partial charge in [-0.2, -0.15) is 0 Å². The van der Waals surface area contributed by atoms with Crippen molar-refractivity contribution >= 4 is 28.5 Å². The SMILES string of the molecule is CCOC(=O)c1ccc(NC(=O)Cn2c(=O)n(Cc3ccc(F)cc3)c(=O)c3ccccc32)cc1. The molecule has 1 heterocycles. The number of carbonyl (C=O) groups excluding carboxylic acids is 2. The number of para-hydroxylation sites is 1. The molecule has 1 N–H and O–H groups in total. The van der Waals surface area contributed by atoms with Gasteiger partial charge in [-0.05, 0) is 61.0 Å². The summed E-state index contributed by atoms with van der Waals surface area (Å²) in [6.45, 7) is 1.55. The van der Waals surface area contributed by atoms with Gasteiger partial charge in [0.05, 0.1) is 29.6 Å². The molecule has 0 bridgehead atoms. The third-order valence-electron chi connectivity index (χ3n) is 5.37. The zero-order valence-corrected chi connectivity index (χ0v) is 18.9. The highest BCUT2D eigenvalue weighted by Gasteiger charge is 2.16. The number of hydrogen-bond donors (Lipinski definition) is 1. The fraction of sp³-hybridized carbons (Fsp3) is 0.154. The summed E-state index contributed by atoms with van der Waals surface area (Å²) in [7, 11) is 0. The average molecular weight is 475 g/mol. The van der Waals surface area contributed by atoms with Crippen LogP contribution in [0.2, 0.25) is 0 Å². The fourth-order valence-corrected chi connectivity index (χ4v) is 3.68. The highest BCUT2D eigenvalue weighted by atomic mass is 19.1. The van der Waals surface area contributed by atoms with Crippen molar-refractivity contribution in [3.05, 3.63) is 111 Å². The van der Waals surface area contributed by atoms with Crippen LogP contribution in [0.1, 0.15) is 22.8 Å². The summed E-state index contributed by atoms with van der Waals surface area (Å²) in [5, 5.41) is 2.97. The molecule has 35 heavy (non-hydrogen) atoms. The summed E-state index contributed by atoms with van der Waals surface area (Å²) in [6.07, 6.45) is 0. The van der Waals surface area contributed by atoms with Gasteiger partial charge in [-0.3, -0.25) is 18.7 Å². The number of hydrogen-bond acceptors (Lipinski definition) is 5. The second kappa shape index (κ2) is 10.2. The number of esters is 1. The maximum absolute atomic E-state index is 13.3. The predicted octanol–water partition coefficient (Wildman–Crippen LogP) is 3.17. The summed E-state index contributed by atoms with van der Waals surface area (Å²) in [6, 6.07) is 18.2. The molecule has 1 amide bonds. The minimum absolute atomic E-state index is 0.0697. The van der Waals surface area contributed by atoms with Crippen molar-refractivity contribution < 1.29 is 18.7 Å². The van der Waals surface area contributed by atoms with E-state index in [1.54, 1.807) is 43.3 Å². The Morgan fingerprint density at radius 1 is 0.914 bits per heavy atom. The Morgan fingerprint density at radius 2 is 1.60 bits per heavy atom. The van der Waals surface area contributed by atoms with Crippen molar-refractivity contribution in [1.82, 2.24) is 9.13 Å². The lowest BCUT2D eigenvalue weighted by Gasteiger charge is -2.14. The number of halogens is 1. The van der Waals surface area contributed by atoms with E-state index >= 15 is 0 Å². The van der Waals surface area contributed by atoms with Gasteiger partial charge in [-0.1, -0.05) is 24.3 Å². The highest BCUT2D eigenvalue weighted by Crippen LogP contribution is 2.12. The predicted molar refractivity (Wildman–Crippen MR) is 129 cm³/mol. The summed E-state index contributed by atoms with van der Waals surface area (Å²) in [5.74, 6) is -1.39. The van der Waals surface area contributed by atoms with E-state index in [0.717, 1.165) is 4.57 Å². The van der Waals surface area contributed by atoms with Crippen LogP contribution in [0.15, 0.2) is 82.4 Å². The van der Waals surface area contributed by atoms with E-state index in [1.165, 1.54) is 41.0 Å². The molecule has 4 aromatic rings. The lowest BCUT2D eigenvalue weighted by atomic mass is 10.2. The zero-order chi connectivity index (χ0) is 24.9. The van der Waals surface area contributed by atoms with Gasteiger partial charge in [-0.25, -0.2) is 14.0 Å². The molecule has 0 aliphatic carbocycles. The van der Waals surface area contributed by atoms with Gasteiger partial charge < -0.3 is 10.1 Å². The van der Waals surface area contributed by atoms with Crippen LogP contribution in [0.4, 0.5) is 10.1 Å². The Morgan fingerprint density at radius 3 is 2.29 bits per heavy atom. The molecule has 0 fully saturated rings. The van der Waals surface area contributed by atoms with Gasteiger partial charge in [0.25, 0.3) is 5.56 Å². The number of anilines is 1. The molecule has 8 nitrogen and oxygen atoms in total. The molecule has 0 aliphatic heterocycles. The Hall–Kier alpha value is -4.53. The van der Waals surface area contributed by atoms with Crippen LogP contribution in [0.3, 0.4) is 0 Å². The van der Waals surface area contributed by atoms with Crippen LogP contribution in [0.5, 0.6) is 0 Å². The van der Waals surface area contributed by atoms with Gasteiger partial charge >= 0.3 is 11.7 Å². The van der Waals surface area contributed by atoms with Crippen molar-refractivity contribution in [2.24, 2.45) is 0 Å². The molecule has 3 aromatic carbocycles. The topological polar surface area (TPSA) is 99.4 Å². The number of carbonyl (C=O) groups is 2. The zero-order valence-electron chi connectivity index (χ0n) is 18.9. The van der Waals surface area contributed by atoms with E-state index < -0.39 is 28.9 Å². The first-order valence-electron chi connectivity index (χ1n) is 10.9. The molecule has 1 aromatic heterocycles. The van der Waals surface area contributed by atoms with Crippen LogP contribution in [-0.2, 0) is 22.6 Å². The third kappa shape index (κ3) is 5.19. The Labute approximate surface area is 199 Å².